The van der Waals surface area contributed by atoms with E-state index in [1.165, 1.54) is 12.1 Å². The quantitative estimate of drug-likeness (QED) is 0.470. The van der Waals surface area contributed by atoms with Crippen LogP contribution in [0.4, 0.5) is 5.88 Å². The highest BCUT2D eigenvalue weighted by molar-refractivity contribution is 5.91. The van der Waals surface area contributed by atoms with E-state index in [9.17, 15) is 14.9 Å². The van der Waals surface area contributed by atoms with Gasteiger partial charge in [-0.2, -0.15) is 0 Å². The third kappa shape index (κ3) is 4.26. The van der Waals surface area contributed by atoms with Crippen LogP contribution in [0, 0.1) is 16.0 Å². The second kappa shape index (κ2) is 6.03. The second-order valence-electron chi connectivity index (χ2n) is 4.19. The van der Waals surface area contributed by atoms with Crippen molar-refractivity contribution < 1.29 is 14.1 Å². The second-order valence-corrected chi connectivity index (χ2v) is 4.19. The molecule has 17 heavy (non-hydrogen) atoms. The Labute approximate surface area is 99.1 Å². The van der Waals surface area contributed by atoms with Gasteiger partial charge in [-0.3, -0.25) is 14.9 Å². The Kier molecular flexibility index (Phi) is 4.68. The number of furan rings is 1. The monoisotopic (exact) mass is 240 g/mol. The van der Waals surface area contributed by atoms with Crippen molar-refractivity contribution >= 4 is 11.8 Å². The molecule has 0 bridgehead atoms. The zero-order chi connectivity index (χ0) is 12.8. The average Bonchev–Trinajstić information content (AvgIpc) is 2.73. The largest absolute Gasteiger partial charge is 0.433 e. The zero-order valence-corrected chi connectivity index (χ0v) is 9.93. The molecule has 0 unspecified atom stereocenters. The van der Waals surface area contributed by atoms with E-state index in [-0.39, 0.29) is 5.76 Å². The first-order valence-electron chi connectivity index (χ1n) is 5.53. The van der Waals surface area contributed by atoms with Crippen LogP contribution in [0.1, 0.15) is 37.2 Å². The molecule has 6 heteroatoms. The number of hydrogen-bond donors (Lipinski definition) is 1. The van der Waals surface area contributed by atoms with E-state index < -0.39 is 16.7 Å². The standard InChI is InChI=1S/C11H16N2O4/c1-8(2)4-3-7-12-11(14)9-5-6-10(17-9)13(15)16/h5-6,8H,3-4,7H2,1-2H3,(H,12,14). The first kappa shape index (κ1) is 13.2. The molecule has 1 rings (SSSR count). The molecule has 0 aliphatic carbocycles. The molecule has 0 fully saturated rings. The minimum atomic E-state index is -0.671. The van der Waals surface area contributed by atoms with Crippen LogP contribution >= 0.6 is 0 Å². The Bertz CT molecular complexity index is 398. The van der Waals surface area contributed by atoms with Gasteiger partial charge < -0.3 is 9.73 Å². The molecule has 6 nitrogen and oxygen atoms in total. The van der Waals surface area contributed by atoms with Crippen LogP contribution in [-0.4, -0.2) is 17.4 Å². The smallest absolute Gasteiger partial charge is 0.395 e. The topological polar surface area (TPSA) is 85.4 Å². The van der Waals surface area contributed by atoms with E-state index in [1.807, 2.05) is 0 Å². The van der Waals surface area contributed by atoms with Gasteiger partial charge in [-0.15, -0.1) is 0 Å². The maximum Gasteiger partial charge on any atom is 0.433 e. The van der Waals surface area contributed by atoms with Crippen molar-refractivity contribution in [2.24, 2.45) is 5.92 Å². The van der Waals surface area contributed by atoms with Crippen LogP contribution < -0.4 is 5.32 Å². The number of amides is 1. The summed E-state index contributed by atoms with van der Waals surface area (Å²) in [5, 5.41) is 13.0. The molecular weight excluding hydrogens is 224 g/mol. The van der Waals surface area contributed by atoms with Crippen LogP contribution in [-0.2, 0) is 0 Å². The number of hydrogen-bond acceptors (Lipinski definition) is 4. The molecule has 0 aliphatic rings. The van der Waals surface area contributed by atoms with Gasteiger partial charge in [0.1, 0.15) is 4.92 Å². The van der Waals surface area contributed by atoms with E-state index in [1.54, 1.807) is 0 Å². The molecule has 0 aromatic carbocycles. The highest BCUT2D eigenvalue weighted by Crippen LogP contribution is 2.15. The summed E-state index contributed by atoms with van der Waals surface area (Å²) in [6.45, 7) is 4.76. The van der Waals surface area contributed by atoms with E-state index in [0.717, 1.165) is 12.8 Å². The van der Waals surface area contributed by atoms with Gasteiger partial charge in [0.2, 0.25) is 0 Å². The van der Waals surface area contributed by atoms with Gasteiger partial charge >= 0.3 is 5.88 Å². The lowest BCUT2D eigenvalue weighted by Crippen LogP contribution is -2.24. The van der Waals surface area contributed by atoms with E-state index in [4.69, 9.17) is 4.42 Å². The van der Waals surface area contributed by atoms with Crippen molar-refractivity contribution in [3.63, 3.8) is 0 Å². The van der Waals surface area contributed by atoms with E-state index in [2.05, 4.69) is 19.2 Å². The average molecular weight is 240 g/mol. The Morgan fingerprint density at radius 1 is 1.53 bits per heavy atom. The fraction of sp³-hybridized carbons (Fsp3) is 0.545. The first-order chi connectivity index (χ1) is 8.00. The molecule has 0 radical (unpaired) electrons. The van der Waals surface area contributed by atoms with Crippen LogP contribution in [0.5, 0.6) is 0 Å². The number of nitrogens with one attached hydrogen (secondary N) is 1. The van der Waals surface area contributed by atoms with Crippen molar-refractivity contribution in [3.05, 3.63) is 28.0 Å². The molecule has 0 atom stereocenters. The lowest BCUT2D eigenvalue weighted by atomic mass is 10.1. The Morgan fingerprint density at radius 3 is 2.76 bits per heavy atom. The van der Waals surface area contributed by atoms with Crippen LogP contribution in [0.15, 0.2) is 16.5 Å². The first-order valence-corrected chi connectivity index (χ1v) is 5.53. The molecule has 1 aromatic heterocycles. The Morgan fingerprint density at radius 2 is 2.24 bits per heavy atom. The summed E-state index contributed by atoms with van der Waals surface area (Å²) in [5.74, 6) is -0.267. The third-order valence-electron chi connectivity index (χ3n) is 2.24. The highest BCUT2D eigenvalue weighted by atomic mass is 16.6. The fourth-order valence-electron chi connectivity index (χ4n) is 1.35. The Hall–Kier alpha value is -1.85. The number of carbonyl (C=O) groups is 1. The van der Waals surface area contributed by atoms with Crippen LogP contribution in [0.2, 0.25) is 0 Å². The summed E-state index contributed by atoms with van der Waals surface area (Å²) in [5.41, 5.74) is 0. The normalized spacial score (nSPS) is 10.5. The van der Waals surface area contributed by atoms with Crippen molar-refractivity contribution in [2.75, 3.05) is 6.54 Å². The summed E-state index contributed by atoms with van der Waals surface area (Å²) in [7, 11) is 0. The zero-order valence-electron chi connectivity index (χ0n) is 9.93. The fourth-order valence-corrected chi connectivity index (χ4v) is 1.35. The summed E-state index contributed by atoms with van der Waals surface area (Å²) in [6, 6.07) is 2.47. The number of rotatable bonds is 6. The van der Waals surface area contributed by atoms with Gasteiger partial charge in [0.15, 0.2) is 5.76 Å². The molecule has 0 saturated carbocycles. The molecule has 0 saturated heterocycles. The van der Waals surface area contributed by atoms with Crippen LogP contribution in [0.3, 0.4) is 0 Å². The molecule has 94 valence electrons. The van der Waals surface area contributed by atoms with Crippen LogP contribution in [0.25, 0.3) is 0 Å². The van der Waals surface area contributed by atoms with E-state index >= 15 is 0 Å². The molecule has 0 spiro atoms. The molecule has 1 amide bonds. The minimum Gasteiger partial charge on any atom is -0.395 e. The van der Waals surface area contributed by atoms with Gasteiger partial charge in [0, 0.05) is 6.54 Å². The van der Waals surface area contributed by atoms with Gasteiger partial charge in [0.25, 0.3) is 5.91 Å². The van der Waals surface area contributed by atoms with E-state index in [0.29, 0.717) is 12.5 Å². The van der Waals surface area contributed by atoms with Gasteiger partial charge in [-0.05, 0) is 24.8 Å². The lowest BCUT2D eigenvalue weighted by Gasteiger charge is -2.04. The van der Waals surface area contributed by atoms with Crippen molar-refractivity contribution in [3.8, 4) is 0 Å². The summed E-state index contributed by atoms with van der Waals surface area (Å²) in [4.78, 5) is 21.2. The maximum absolute atomic E-state index is 11.5. The molecule has 0 aliphatic heterocycles. The lowest BCUT2D eigenvalue weighted by molar-refractivity contribution is -0.402. The third-order valence-corrected chi connectivity index (χ3v) is 2.24. The predicted molar refractivity (Wildman–Crippen MR) is 61.8 cm³/mol. The summed E-state index contributed by atoms with van der Waals surface area (Å²) >= 11 is 0. The number of carbonyl (C=O) groups excluding carboxylic acids is 1. The van der Waals surface area contributed by atoms with Crippen molar-refractivity contribution in [2.45, 2.75) is 26.7 Å². The van der Waals surface area contributed by atoms with Crippen molar-refractivity contribution in [1.29, 1.82) is 0 Å². The number of nitrogens with zero attached hydrogens (tertiary/aromatic N) is 1. The number of nitro groups is 1. The summed E-state index contributed by atoms with van der Waals surface area (Å²) < 4.78 is 4.77. The van der Waals surface area contributed by atoms with Gasteiger partial charge in [-0.25, -0.2) is 0 Å². The molecular formula is C11H16N2O4. The van der Waals surface area contributed by atoms with Gasteiger partial charge in [-0.1, -0.05) is 13.8 Å². The Balaban J connectivity index is 2.39. The molecule has 1 heterocycles. The molecule has 1 aromatic rings. The minimum absolute atomic E-state index is 0.0266. The maximum atomic E-state index is 11.5. The van der Waals surface area contributed by atoms with Crippen molar-refractivity contribution in [1.82, 2.24) is 5.32 Å². The molecule has 1 N–H and O–H groups in total. The predicted octanol–water partition coefficient (Wildman–Crippen LogP) is 2.35. The SMILES string of the molecule is CC(C)CCCNC(=O)c1ccc([N+](=O)[O-])o1. The highest BCUT2D eigenvalue weighted by Gasteiger charge is 2.16. The summed E-state index contributed by atoms with van der Waals surface area (Å²) in [6.07, 6.45) is 1.91. The van der Waals surface area contributed by atoms with Gasteiger partial charge in [0.05, 0.1) is 6.07 Å².